The lowest BCUT2D eigenvalue weighted by Gasteiger charge is -2.08. The van der Waals surface area contributed by atoms with Crippen LogP contribution in [0.2, 0.25) is 0 Å². The van der Waals surface area contributed by atoms with Crippen LogP contribution in [0.1, 0.15) is 21.6 Å². The number of carbonyl (C=O) groups excluding carboxylic acids is 1. The van der Waals surface area contributed by atoms with Crippen molar-refractivity contribution in [1.29, 1.82) is 0 Å². The Balaban J connectivity index is 2.10. The van der Waals surface area contributed by atoms with E-state index >= 15 is 0 Å². The fraction of sp³-hybridized carbons (Fsp3) is 0.231. The van der Waals surface area contributed by atoms with E-state index in [2.05, 4.69) is 10.4 Å². The zero-order valence-corrected chi connectivity index (χ0v) is 10.8. The summed E-state index contributed by atoms with van der Waals surface area (Å²) in [6.45, 7) is 1.90. The summed E-state index contributed by atoms with van der Waals surface area (Å²) in [5, 5.41) is 6.69. The van der Waals surface area contributed by atoms with Gasteiger partial charge in [-0.05, 0) is 25.1 Å². The molecule has 0 atom stereocenters. The maximum absolute atomic E-state index is 13.5. The first-order chi connectivity index (χ1) is 8.99. The number of nitrogen functional groups attached to an aromatic ring is 1. The van der Waals surface area contributed by atoms with Gasteiger partial charge in [0.1, 0.15) is 5.82 Å². The molecule has 1 heterocycles. The number of benzene rings is 1. The van der Waals surface area contributed by atoms with E-state index in [0.29, 0.717) is 12.1 Å². The molecule has 0 spiro atoms. The number of nitrogens with two attached hydrogens (primary N) is 1. The van der Waals surface area contributed by atoms with E-state index < -0.39 is 5.82 Å². The average Bonchev–Trinajstić information content (AvgIpc) is 2.78. The maximum Gasteiger partial charge on any atom is 0.251 e. The molecule has 0 fully saturated rings. The number of hydrogen-bond donors (Lipinski definition) is 2. The SMILES string of the molecule is Cc1c(N)cc(C(=O)NCc2ccnn2C)cc1F. The zero-order valence-electron chi connectivity index (χ0n) is 10.8. The van der Waals surface area contributed by atoms with Crippen molar-refractivity contribution < 1.29 is 9.18 Å². The molecule has 2 aromatic rings. The Kier molecular flexibility index (Phi) is 3.50. The van der Waals surface area contributed by atoms with Gasteiger partial charge in [0.05, 0.1) is 12.2 Å². The molecular weight excluding hydrogens is 247 g/mol. The van der Waals surface area contributed by atoms with Crippen molar-refractivity contribution in [2.24, 2.45) is 7.05 Å². The third-order valence-electron chi connectivity index (χ3n) is 3.00. The van der Waals surface area contributed by atoms with Crippen LogP contribution in [0.4, 0.5) is 10.1 Å². The van der Waals surface area contributed by atoms with Crippen LogP contribution in [0.25, 0.3) is 0 Å². The first-order valence-corrected chi connectivity index (χ1v) is 5.79. The Hall–Kier alpha value is -2.37. The third-order valence-corrected chi connectivity index (χ3v) is 3.00. The summed E-state index contributed by atoms with van der Waals surface area (Å²) in [7, 11) is 1.78. The second-order valence-corrected chi connectivity index (χ2v) is 4.30. The molecule has 1 aromatic heterocycles. The van der Waals surface area contributed by atoms with Gasteiger partial charge in [0, 0.05) is 30.1 Å². The topological polar surface area (TPSA) is 72.9 Å². The standard InChI is InChI=1S/C13H15FN4O/c1-8-11(14)5-9(6-12(8)15)13(19)16-7-10-3-4-17-18(10)2/h3-6H,7,15H2,1-2H3,(H,16,19). The molecule has 3 N–H and O–H groups in total. The van der Waals surface area contributed by atoms with Crippen molar-refractivity contribution in [3.8, 4) is 0 Å². The van der Waals surface area contributed by atoms with E-state index in [1.54, 1.807) is 30.9 Å². The molecule has 0 saturated carbocycles. The van der Waals surface area contributed by atoms with E-state index in [-0.39, 0.29) is 17.2 Å². The van der Waals surface area contributed by atoms with Gasteiger partial charge in [-0.15, -0.1) is 0 Å². The molecule has 0 aliphatic heterocycles. The quantitative estimate of drug-likeness (QED) is 0.821. The minimum absolute atomic E-state index is 0.211. The summed E-state index contributed by atoms with van der Waals surface area (Å²) in [6.07, 6.45) is 1.64. The number of hydrogen-bond acceptors (Lipinski definition) is 3. The maximum atomic E-state index is 13.5. The number of aromatic nitrogens is 2. The lowest BCUT2D eigenvalue weighted by molar-refractivity contribution is 0.0949. The Morgan fingerprint density at radius 2 is 2.26 bits per heavy atom. The minimum Gasteiger partial charge on any atom is -0.398 e. The second kappa shape index (κ2) is 5.09. The van der Waals surface area contributed by atoms with Gasteiger partial charge < -0.3 is 11.1 Å². The molecule has 19 heavy (non-hydrogen) atoms. The molecule has 6 heteroatoms. The van der Waals surface area contributed by atoms with E-state index in [0.717, 1.165) is 5.69 Å². The molecule has 0 aliphatic rings. The molecule has 1 aromatic carbocycles. The summed E-state index contributed by atoms with van der Waals surface area (Å²) in [5.74, 6) is -0.850. The number of halogens is 1. The molecule has 5 nitrogen and oxygen atoms in total. The molecule has 0 unspecified atom stereocenters. The number of nitrogens with one attached hydrogen (secondary N) is 1. The monoisotopic (exact) mass is 262 g/mol. The van der Waals surface area contributed by atoms with Gasteiger partial charge in [-0.3, -0.25) is 9.48 Å². The summed E-state index contributed by atoms with van der Waals surface area (Å²) in [6, 6.07) is 4.45. The minimum atomic E-state index is -0.481. The number of carbonyl (C=O) groups is 1. The molecule has 0 bridgehead atoms. The van der Waals surface area contributed by atoms with Crippen LogP contribution in [0.3, 0.4) is 0 Å². The normalized spacial score (nSPS) is 10.5. The second-order valence-electron chi connectivity index (χ2n) is 4.30. The van der Waals surface area contributed by atoms with Crippen LogP contribution in [0, 0.1) is 12.7 Å². The molecule has 0 radical (unpaired) electrons. The number of anilines is 1. The van der Waals surface area contributed by atoms with Crippen LogP contribution >= 0.6 is 0 Å². The molecule has 0 saturated heterocycles. The smallest absolute Gasteiger partial charge is 0.251 e. The van der Waals surface area contributed by atoms with Gasteiger partial charge in [-0.2, -0.15) is 5.10 Å². The molecule has 0 aliphatic carbocycles. The highest BCUT2D eigenvalue weighted by atomic mass is 19.1. The van der Waals surface area contributed by atoms with Crippen molar-refractivity contribution in [1.82, 2.24) is 15.1 Å². The predicted molar refractivity (Wildman–Crippen MR) is 69.9 cm³/mol. The van der Waals surface area contributed by atoms with E-state index in [9.17, 15) is 9.18 Å². The third kappa shape index (κ3) is 2.73. The van der Waals surface area contributed by atoms with Crippen molar-refractivity contribution in [3.05, 3.63) is 47.0 Å². The molecule has 1 amide bonds. The average molecular weight is 262 g/mol. The van der Waals surface area contributed by atoms with Crippen molar-refractivity contribution in [2.75, 3.05) is 5.73 Å². The van der Waals surface area contributed by atoms with E-state index in [4.69, 9.17) is 5.73 Å². The number of amides is 1. The van der Waals surface area contributed by atoms with Gasteiger partial charge in [0.25, 0.3) is 5.91 Å². The highest BCUT2D eigenvalue weighted by Crippen LogP contribution is 2.17. The Bertz CT molecular complexity index is 598. The summed E-state index contributed by atoms with van der Waals surface area (Å²) >= 11 is 0. The fourth-order valence-corrected chi connectivity index (χ4v) is 1.68. The highest BCUT2D eigenvalue weighted by Gasteiger charge is 2.11. The Labute approximate surface area is 110 Å². The van der Waals surface area contributed by atoms with Crippen LogP contribution in [0.15, 0.2) is 24.4 Å². The van der Waals surface area contributed by atoms with Crippen molar-refractivity contribution in [2.45, 2.75) is 13.5 Å². The molecular formula is C13H15FN4O. The number of rotatable bonds is 3. The zero-order chi connectivity index (χ0) is 14.0. The van der Waals surface area contributed by atoms with E-state index in [1.807, 2.05) is 0 Å². The molecule has 2 rings (SSSR count). The van der Waals surface area contributed by atoms with Crippen LogP contribution in [-0.2, 0) is 13.6 Å². The van der Waals surface area contributed by atoms with Crippen LogP contribution in [-0.4, -0.2) is 15.7 Å². The highest BCUT2D eigenvalue weighted by molar-refractivity contribution is 5.95. The van der Waals surface area contributed by atoms with Gasteiger partial charge in [-0.25, -0.2) is 4.39 Å². The van der Waals surface area contributed by atoms with Gasteiger partial charge in [0.2, 0.25) is 0 Å². The van der Waals surface area contributed by atoms with Crippen molar-refractivity contribution in [3.63, 3.8) is 0 Å². The number of aryl methyl sites for hydroxylation is 1. The Morgan fingerprint density at radius 3 is 2.84 bits per heavy atom. The van der Waals surface area contributed by atoms with Crippen LogP contribution in [0.5, 0.6) is 0 Å². The lowest BCUT2D eigenvalue weighted by atomic mass is 10.1. The summed E-state index contributed by atoms with van der Waals surface area (Å²) in [4.78, 5) is 11.9. The molecule has 100 valence electrons. The lowest BCUT2D eigenvalue weighted by Crippen LogP contribution is -2.24. The summed E-state index contributed by atoms with van der Waals surface area (Å²) in [5.41, 5.74) is 7.33. The van der Waals surface area contributed by atoms with Gasteiger partial charge in [-0.1, -0.05) is 0 Å². The summed E-state index contributed by atoms with van der Waals surface area (Å²) < 4.78 is 15.2. The van der Waals surface area contributed by atoms with E-state index in [1.165, 1.54) is 12.1 Å². The first kappa shape index (κ1) is 13.1. The van der Waals surface area contributed by atoms with Gasteiger partial charge >= 0.3 is 0 Å². The fourth-order valence-electron chi connectivity index (χ4n) is 1.68. The number of nitrogens with zero attached hydrogens (tertiary/aromatic N) is 2. The van der Waals surface area contributed by atoms with Gasteiger partial charge in [0.15, 0.2) is 0 Å². The largest absolute Gasteiger partial charge is 0.398 e. The first-order valence-electron chi connectivity index (χ1n) is 5.79. The van der Waals surface area contributed by atoms with Crippen LogP contribution < -0.4 is 11.1 Å². The Morgan fingerprint density at radius 1 is 1.53 bits per heavy atom. The predicted octanol–water partition coefficient (Wildman–Crippen LogP) is 1.38. The van der Waals surface area contributed by atoms with Crippen molar-refractivity contribution >= 4 is 11.6 Å².